The Morgan fingerprint density at radius 2 is 1.33 bits per heavy atom. The molecule has 0 spiro atoms. The predicted molar refractivity (Wildman–Crippen MR) is 82.2 cm³/mol. The van der Waals surface area contributed by atoms with Crippen LogP contribution in [0.3, 0.4) is 0 Å². The summed E-state index contributed by atoms with van der Waals surface area (Å²) >= 11 is 11.0. The van der Waals surface area contributed by atoms with Crippen molar-refractivity contribution in [1.29, 1.82) is 0 Å². The fourth-order valence-corrected chi connectivity index (χ4v) is 1.78. The fraction of sp³-hybridized carbons (Fsp3) is 0. The monoisotopic (exact) mass is 275 g/mol. The minimum atomic E-state index is 0.536. The van der Waals surface area contributed by atoms with E-state index in [0.29, 0.717) is 10.1 Å². The summed E-state index contributed by atoms with van der Waals surface area (Å²) in [5, 5.41) is 7.41. The molecule has 2 N–H and O–H groups in total. The van der Waals surface area contributed by atoms with Crippen LogP contribution in [0.4, 0.5) is 11.4 Å². The highest BCUT2D eigenvalue weighted by molar-refractivity contribution is 7.80. The van der Waals surface area contributed by atoms with E-state index in [1.165, 1.54) is 0 Å². The van der Waals surface area contributed by atoms with E-state index in [9.17, 15) is 0 Å². The van der Waals surface area contributed by atoms with Crippen LogP contribution in [0.1, 0.15) is 5.56 Å². The molecule has 0 aliphatic carbocycles. The van der Waals surface area contributed by atoms with Crippen molar-refractivity contribution in [3.63, 3.8) is 0 Å². The first-order valence-electron chi connectivity index (χ1n) is 5.39. The number of hydrogen-bond acceptors (Lipinski definition) is 1. The smallest absolute Gasteiger partial charge is 0.175 e. The lowest BCUT2D eigenvalue weighted by molar-refractivity contribution is 1.57. The van der Waals surface area contributed by atoms with Crippen molar-refractivity contribution in [2.45, 2.75) is 0 Å². The van der Waals surface area contributed by atoms with E-state index in [0.717, 1.165) is 16.9 Å². The first kappa shape index (κ1) is 12.9. The van der Waals surface area contributed by atoms with Gasteiger partial charge in [0.25, 0.3) is 0 Å². The number of nitrogens with one attached hydrogen (secondary N) is 2. The van der Waals surface area contributed by atoms with Gasteiger partial charge in [0.1, 0.15) is 0 Å². The third-order valence-electron chi connectivity index (χ3n) is 2.31. The number of rotatable bonds is 2. The Morgan fingerprint density at radius 1 is 0.889 bits per heavy atom. The lowest BCUT2D eigenvalue weighted by Gasteiger charge is -2.10. The number of thiocarbonyl (C=S) groups is 1. The summed E-state index contributed by atoms with van der Waals surface area (Å²) in [6.45, 7) is 3.83. The van der Waals surface area contributed by atoms with Crippen LogP contribution in [-0.4, -0.2) is 5.11 Å². The maximum atomic E-state index is 5.81. The predicted octanol–water partition coefficient (Wildman–Crippen LogP) is 4.33. The zero-order valence-corrected chi connectivity index (χ0v) is 11.2. The molecule has 0 aliphatic rings. The van der Waals surface area contributed by atoms with Crippen LogP contribution < -0.4 is 10.6 Å². The second kappa shape index (κ2) is 5.85. The van der Waals surface area contributed by atoms with Gasteiger partial charge in [0.2, 0.25) is 0 Å². The zero-order valence-electron chi connectivity index (χ0n) is 9.61. The lowest BCUT2D eigenvalue weighted by Crippen LogP contribution is -2.18. The van der Waals surface area contributed by atoms with Gasteiger partial charge in [-0.3, -0.25) is 0 Å². The standard InChI is InChI=1S/C14H12ClN2S/c1-10-2-6-12(7-3-10)16-14(18)17-13-8-4-11(15)5-9-13/h2-9H,1H2,(H2,16,17,18). The largest absolute Gasteiger partial charge is 0.332 e. The first-order valence-corrected chi connectivity index (χ1v) is 6.18. The lowest BCUT2D eigenvalue weighted by atomic mass is 10.2. The Balaban J connectivity index is 1.96. The molecule has 0 aromatic heterocycles. The topological polar surface area (TPSA) is 24.1 Å². The van der Waals surface area contributed by atoms with Crippen molar-refractivity contribution in [2.75, 3.05) is 10.6 Å². The van der Waals surface area contributed by atoms with Gasteiger partial charge in [0.05, 0.1) is 0 Å². The molecule has 0 unspecified atom stereocenters. The van der Waals surface area contributed by atoms with Crippen LogP contribution in [0.15, 0.2) is 48.5 Å². The van der Waals surface area contributed by atoms with Crippen molar-refractivity contribution >= 4 is 40.3 Å². The van der Waals surface area contributed by atoms with Gasteiger partial charge in [0, 0.05) is 16.4 Å². The summed E-state index contributed by atoms with van der Waals surface area (Å²) in [6, 6.07) is 15.1. The molecule has 2 nitrogen and oxygen atoms in total. The Hall–Kier alpha value is -1.58. The summed E-state index contributed by atoms with van der Waals surface area (Å²) in [4.78, 5) is 0. The number of anilines is 2. The normalized spacial score (nSPS) is 9.89. The van der Waals surface area contributed by atoms with Crippen molar-refractivity contribution in [2.24, 2.45) is 0 Å². The Morgan fingerprint density at radius 3 is 1.83 bits per heavy atom. The summed E-state index contributed by atoms with van der Waals surface area (Å²) in [5.74, 6) is 0. The second-order valence-electron chi connectivity index (χ2n) is 3.78. The van der Waals surface area contributed by atoms with Gasteiger partial charge in [-0.15, -0.1) is 0 Å². The summed E-state index contributed by atoms with van der Waals surface area (Å²) in [6.07, 6.45) is 0. The Kier molecular flexibility index (Phi) is 4.18. The molecule has 1 radical (unpaired) electrons. The van der Waals surface area contributed by atoms with Gasteiger partial charge in [0.15, 0.2) is 5.11 Å². The summed E-state index contributed by atoms with van der Waals surface area (Å²) in [7, 11) is 0. The minimum absolute atomic E-state index is 0.536. The van der Waals surface area contributed by atoms with Crippen molar-refractivity contribution in [3.8, 4) is 0 Å². The molecule has 0 heterocycles. The highest BCUT2D eigenvalue weighted by atomic mass is 35.5. The molecule has 0 atom stereocenters. The van der Waals surface area contributed by atoms with E-state index >= 15 is 0 Å². The van der Waals surface area contributed by atoms with E-state index in [1.54, 1.807) is 0 Å². The SMILES string of the molecule is [CH2]c1ccc(NC(=S)Nc2ccc(Cl)cc2)cc1. The highest BCUT2D eigenvalue weighted by Gasteiger charge is 1.98. The molecule has 0 bridgehead atoms. The van der Waals surface area contributed by atoms with Crippen LogP contribution in [-0.2, 0) is 0 Å². The highest BCUT2D eigenvalue weighted by Crippen LogP contribution is 2.14. The minimum Gasteiger partial charge on any atom is -0.332 e. The molecule has 2 aromatic carbocycles. The zero-order chi connectivity index (χ0) is 13.0. The number of halogens is 1. The molecular formula is C14H12ClN2S. The molecule has 2 rings (SSSR count). The number of benzene rings is 2. The van der Waals surface area contributed by atoms with Crippen LogP contribution in [0.5, 0.6) is 0 Å². The van der Waals surface area contributed by atoms with Crippen molar-refractivity contribution in [1.82, 2.24) is 0 Å². The molecule has 0 fully saturated rings. The van der Waals surface area contributed by atoms with E-state index in [2.05, 4.69) is 17.6 Å². The van der Waals surface area contributed by atoms with Gasteiger partial charge in [-0.1, -0.05) is 23.7 Å². The van der Waals surface area contributed by atoms with Crippen LogP contribution in [0, 0.1) is 6.92 Å². The van der Waals surface area contributed by atoms with Gasteiger partial charge >= 0.3 is 0 Å². The average molecular weight is 276 g/mol. The van der Waals surface area contributed by atoms with E-state index in [4.69, 9.17) is 23.8 Å². The first-order chi connectivity index (χ1) is 8.63. The van der Waals surface area contributed by atoms with Gasteiger partial charge in [-0.2, -0.15) is 0 Å². The third-order valence-corrected chi connectivity index (χ3v) is 2.77. The maximum absolute atomic E-state index is 5.81. The van der Waals surface area contributed by atoms with Crippen LogP contribution in [0.2, 0.25) is 5.02 Å². The van der Waals surface area contributed by atoms with Crippen LogP contribution in [0.25, 0.3) is 0 Å². The van der Waals surface area contributed by atoms with Crippen molar-refractivity contribution < 1.29 is 0 Å². The summed E-state index contributed by atoms with van der Waals surface area (Å²) < 4.78 is 0. The molecule has 4 heteroatoms. The molecule has 0 saturated heterocycles. The Bertz CT molecular complexity index is 485. The molecule has 91 valence electrons. The van der Waals surface area contributed by atoms with E-state index < -0.39 is 0 Å². The number of hydrogen-bond donors (Lipinski definition) is 2. The van der Waals surface area contributed by atoms with Gasteiger partial charge in [-0.25, -0.2) is 0 Å². The Labute approximate surface area is 117 Å². The van der Waals surface area contributed by atoms with Gasteiger partial charge < -0.3 is 10.6 Å². The maximum Gasteiger partial charge on any atom is 0.175 e. The fourth-order valence-electron chi connectivity index (χ4n) is 1.41. The van der Waals surface area contributed by atoms with E-state index in [-0.39, 0.29) is 0 Å². The van der Waals surface area contributed by atoms with Crippen LogP contribution >= 0.6 is 23.8 Å². The third kappa shape index (κ3) is 3.72. The average Bonchev–Trinajstić information content (AvgIpc) is 2.35. The summed E-state index contributed by atoms with van der Waals surface area (Å²) in [5.41, 5.74) is 2.79. The molecule has 0 aliphatic heterocycles. The van der Waals surface area contributed by atoms with E-state index in [1.807, 2.05) is 48.5 Å². The molecule has 18 heavy (non-hydrogen) atoms. The molecular weight excluding hydrogens is 264 g/mol. The molecule has 0 amide bonds. The second-order valence-corrected chi connectivity index (χ2v) is 4.63. The van der Waals surface area contributed by atoms with Crippen molar-refractivity contribution in [3.05, 3.63) is 66.0 Å². The molecule has 2 aromatic rings. The molecule has 0 saturated carbocycles. The van der Waals surface area contributed by atoms with Gasteiger partial charge in [-0.05, 0) is 61.1 Å². The quantitative estimate of drug-likeness (QED) is 0.798.